The first-order valence-electron chi connectivity index (χ1n) is 10.2. The molecule has 2 heterocycles. The van der Waals surface area contributed by atoms with Crippen molar-refractivity contribution in [2.45, 2.75) is 19.9 Å². The topological polar surface area (TPSA) is 75.5 Å². The molecule has 31 heavy (non-hydrogen) atoms. The van der Waals surface area contributed by atoms with Crippen LogP contribution < -0.4 is 16.2 Å². The minimum absolute atomic E-state index is 0.119. The van der Waals surface area contributed by atoms with Crippen molar-refractivity contribution in [1.82, 2.24) is 14.7 Å². The van der Waals surface area contributed by atoms with Gasteiger partial charge in [-0.25, -0.2) is 4.98 Å². The van der Waals surface area contributed by atoms with Gasteiger partial charge in [0.2, 0.25) is 0 Å². The Labute approximate surface area is 180 Å². The number of para-hydroxylation sites is 1. The van der Waals surface area contributed by atoms with Crippen LogP contribution in [0.25, 0.3) is 5.65 Å². The molecule has 0 fully saturated rings. The summed E-state index contributed by atoms with van der Waals surface area (Å²) in [6.45, 7) is 2.77. The van der Waals surface area contributed by atoms with Crippen LogP contribution in [-0.4, -0.2) is 21.8 Å². The first-order valence-corrected chi connectivity index (χ1v) is 10.2. The lowest BCUT2D eigenvalue weighted by molar-refractivity contribution is 0.0955. The van der Waals surface area contributed by atoms with Crippen molar-refractivity contribution in [2.75, 3.05) is 11.9 Å². The number of nitrogens with one attached hydrogen (secondary N) is 2. The van der Waals surface area contributed by atoms with Gasteiger partial charge in [0.15, 0.2) is 0 Å². The van der Waals surface area contributed by atoms with E-state index in [1.807, 2.05) is 73.7 Å². The van der Waals surface area contributed by atoms with Gasteiger partial charge in [0.1, 0.15) is 5.65 Å². The molecule has 0 aliphatic carbocycles. The smallest absolute Gasteiger partial charge is 0.258 e. The van der Waals surface area contributed by atoms with E-state index >= 15 is 0 Å². The number of hydrogen-bond donors (Lipinski definition) is 2. The molecule has 0 bridgehead atoms. The van der Waals surface area contributed by atoms with Gasteiger partial charge in [0.25, 0.3) is 11.5 Å². The monoisotopic (exact) mass is 412 g/mol. The number of fused-ring (bicyclic) bond motifs is 1. The third kappa shape index (κ3) is 4.80. The predicted octanol–water partition coefficient (Wildman–Crippen LogP) is 3.59. The number of anilines is 1. The zero-order chi connectivity index (χ0) is 21.6. The lowest BCUT2D eigenvalue weighted by Gasteiger charge is -2.13. The van der Waals surface area contributed by atoms with Crippen molar-refractivity contribution in [2.24, 2.45) is 0 Å². The van der Waals surface area contributed by atoms with Crippen LogP contribution in [0.1, 0.15) is 27.3 Å². The van der Waals surface area contributed by atoms with Gasteiger partial charge in [-0.15, -0.1) is 0 Å². The Hall–Kier alpha value is -3.93. The van der Waals surface area contributed by atoms with Gasteiger partial charge in [-0.2, -0.15) is 0 Å². The average Bonchev–Trinajstić information content (AvgIpc) is 2.78. The van der Waals surface area contributed by atoms with Crippen molar-refractivity contribution >= 4 is 17.2 Å². The summed E-state index contributed by atoms with van der Waals surface area (Å²) in [6.07, 6.45) is 0.770. The van der Waals surface area contributed by atoms with E-state index in [9.17, 15) is 9.59 Å². The highest BCUT2D eigenvalue weighted by atomic mass is 16.1. The van der Waals surface area contributed by atoms with Crippen LogP contribution in [-0.2, 0) is 13.0 Å². The number of carbonyl (C=O) groups is 1. The minimum Gasteiger partial charge on any atom is -0.379 e. The Balaban J connectivity index is 1.44. The molecule has 0 aliphatic heterocycles. The summed E-state index contributed by atoms with van der Waals surface area (Å²) < 4.78 is 1.58. The molecule has 4 aromatic rings. The highest BCUT2D eigenvalue weighted by Gasteiger charge is 2.11. The minimum atomic E-state index is -0.138. The van der Waals surface area contributed by atoms with Gasteiger partial charge < -0.3 is 10.6 Å². The number of amides is 1. The third-order valence-electron chi connectivity index (χ3n) is 5.11. The molecule has 2 aromatic carbocycles. The number of aromatic nitrogens is 2. The Kier molecular flexibility index (Phi) is 6.08. The molecule has 0 radical (unpaired) electrons. The van der Waals surface area contributed by atoms with E-state index in [2.05, 4.69) is 15.6 Å². The van der Waals surface area contributed by atoms with Gasteiger partial charge in [-0.3, -0.25) is 14.0 Å². The molecule has 0 unspecified atom stereocenters. The molecule has 0 saturated heterocycles. The normalized spacial score (nSPS) is 10.7. The number of nitrogens with zero attached hydrogens (tertiary/aromatic N) is 2. The van der Waals surface area contributed by atoms with E-state index in [4.69, 9.17) is 0 Å². The largest absolute Gasteiger partial charge is 0.379 e. The van der Waals surface area contributed by atoms with Crippen molar-refractivity contribution in [3.05, 3.63) is 112 Å². The van der Waals surface area contributed by atoms with E-state index in [1.165, 1.54) is 11.6 Å². The van der Waals surface area contributed by atoms with E-state index < -0.39 is 0 Å². The Bertz CT molecular complexity index is 1270. The predicted molar refractivity (Wildman–Crippen MR) is 122 cm³/mol. The molecule has 2 N–H and O–H groups in total. The molecule has 0 aliphatic rings. The van der Waals surface area contributed by atoms with Crippen molar-refractivity contribution < 1.29 is 4.79 Å². The van der Waals surface area contributed by atoms with E-state index in [-0.39, 0.29) is 11.5 Å². The second kappa shape index (κ2) is 9.26. The van der Waals surface area contributed by atoms with Gasteiger partial charge >= 0.3 is 0 Å². The van der Waals surface area contributed by atoms with E-state index in [0.29, 0.717) is 35.7 Å². The Morgan fingerprint density at radius 2 is 1.74 bits per heavy atom. The number of hydrogen-bond acceptors (Lipinski definition) is 4. The molecule has 0 atom stereocenters. The molecule has 4 rings (SSSR count). The van der Waals surface area contributed by atoms with Crippen LogP contribution in [0.4, 0.5) is 5.69 Å². The van der Waals surface area contributed by atoms with Crippen molar-refractivity contribution in [3.63, 3.8) is 0 Å². The van der Waals surface area contributed by atoms with Crippen LogP contribution >= 0.6 is 0 Å². The highest BCUT2D eigenvalue weighted by molar-refractivity contribution is 5.99. The third-order valence-corrected chi connectivity index (χ3v) is 5.11. The van der Waals surface area contributed by atoms with Gasteiger partial charge in [-0.1, -0.05) is 48.5 Å². The van der Waals surface area contributed by atoms with Crippen LogP contribution in [0.2, 0.25) is 0 Å². The quantitative estimate of drug-likeness (QED) is 0.486. The molecule has 6 heteroatoms. The summed E-state index contributed by atoms with van der Waals surface area (Å²) in [6, 6.07) is 24.5. The highest BCUT2D eigenvalue weighted by Crippen LogP contribution is 2.16. The second-order valence-electron chi connectivity index (χ2n) is 7.34. The van der Waals surface area contributed by atoms with Crippen LogP contribution in [0, 0.1) is 6.92 Å². The molecule has 2 aromatic heterocycles. The van der Waals surface area contributed by atoms with Gasteiger partial charge in [-0.05, 0) is 43.2 Å². The van der Waals surface area contributed by atoms with E-state index in [0.717, 1.165) is 12.1 Å². The summed E-state index contributed by atoms with van der Waals surface area (Å²) >= 11 is 0. The number of benzene rings is 2. The fraction of sp³-hybridized carbons (Fsp3) is 0.160. The van der Waals surface area contributed by atoms with Gasteiger partial charge in [0.05, 0.1) is 17.8 Å². The van der Waals surface area contributed by atoms with Crippen molar-refractivity contribution in [1.29, 1.82) is 0 Å². The number of pyridine rings is 1. The Morgan fingerprint density at radius 3 is 2.58 bits per heavy atom. The first kappa shape index (κ1) is 20.3. The molecule has 6 nitrogen and oxygen atoms in total. The number of carbonyl (C=O) groups excluding carboxylic acids is 1. The fourth-order valence-electron chi connectivity index (χ4n) is 3.54. The maximum atomic E-state index is 12.7. The summed E-state index contributed by atoms with van der Waals surface area (Å²) in [5.41, 5.74) is 4.39. The molecule has 0 saturated carbocycles. The maximum Gasteiger partial charge on any atom is 0.258 e. The Morgan fingerprint density at radius 1 is 0.968 bits per heavy atom. The molecular formula is C25H24N4O2. The first-order chi connectivity index (χ1) is 15.1. The zero-order valence-corrected chi connectivity index (χ0v) is 17.3. The lowest BCUT2D eigenvalue weighted by atomic mass is 10.1. The average molecular weight is 412 g/mol. The van der Waals surface area contributed by atoms with E-state index in [1.54, 1.807) is 10.5 Å². The van der Waals surface area contributed by atoms with Crippen molar-refractivity contribution in [3.8, 4) is 0 Å². The lowest BCUT2D eigenvalue weighted by Crippen LogP contribution is -2.26. The number of aryl methyl sites for hydroxylation is 1. The summed E-state index contributed by atoms with van der Waals surface area (Å²) in [5.74, 6) is -0.138. The fourth-order valence-corrected chi connectivity index (χ4v) is 3.54. The summed E-state index contributed by atoms with van der Waals surface area (Å²) in [5, 5.41) is 6.23. The zero-order valence-electron chi connectivity index (χ0n) is 17.3. The summed E-state index contributed by atoms with van der Waals surface area (Å²) in [4.78, 5) is 29.8. The second-order valence-corrected chi connectivity index (χ2v) is 7.34. The molecule has 1 amide bonds. The molecule has 0 spiro atoms. The van der Waals surface area contributed by atoms with Gasteiger partial charge in [0, 0.05) is 24.0 Å². The SMILES string of the molecule is Cc1cccc2nc(CNc3ccccc3C(=O)NCCc3ccccc3)cc(=O)n12. The standard InChI is InChI=1S/C25H24N4O2/c1-18-8-7-13-23-28-20(16-24(30)29(18)23)17-27-22-12-6-5-11-21(22)25(31)26-15-14-19-9-3-2-4-10-19/h2-13,16,27H,14-15,17H2,1H3,(H,26,31). The maximum absolute atomic E-state index is 12.7. The number of rotatable bonds is 7. The summed E-state index contributed by atoms with van der Waals surface area (Å²) in [7, 11) is 0. The van der Waals surface area contributed by atoms with Crippen LogP contribution in [0.15, 0.2) is 83.7 Å². The van der Waals surface area contributed by atoms with Crippen LogP contribution in [0.5, 0.6) is 0 Å². The van der Waals surface area contributed by atoms with Crippen LogP contribution in [0.3, 0.4) is 0 Å². The molecular weight excluding hydrogens is 388 g/mol. The molecule has 156 valence electrons.